The molecule has 3 unspecified atom stereocenters. The van der Waals surface area contributed by atoms with Gasteiger partial charge in [0.2, 0.25) is 5.79 Å². The fraction of sp³-hybridized carbons (Fsp3) is 0.667. The highest BCUT2D eigenvalue weighted by atomic mass is 16.7. The number of Topliss-reactive ketones (excluding diaryl/α,β-unsaturated/α-hetero) is 1. The molecule has 3 rings (SSSR count). The fourth-order valence-corrected chi connectivity index (χ4v) is 6.05. The molecular weight excluding hydrogens is 586 g/mol. The number of allylic oxidation sites excluding steroid dienone is 5. The Morgan fingerprint density at radius 1 is 1.11 bits per heavy atom. The average molecular weight is 636 g/mol. The standard InChI is InChI=1S/C33H49NO11/c1-20-18-33(41-7,45-22(3)21(20)2)28(38)30(39)34-31-27-26(42-19-43-31)29(40-6)32(4,5)24(44-27)17-23(35)15-13-11-9-8-10-12-14-16-25(36)37/h8-10,12,14,16,21-22,24,26-29,31,38H,1,11,13,15,17-19H2,2-7H3,(H,34,39)(H,36,37)/b9-8+,12-10+,16-14+/t21-,22-,24-,26?,27?,28-,29-,31?,33-/m1/s1. The molecule has 0 aliphatic carbocycles. The zero-order valence-electron chi connectivity index (χ0n) is 27.1. The van der Waals surface area contributed by atoms with Crippen molar-refractivity contribution in [3.8, 4) is 0 Å². The number of aliphatic carboxylic acids is 1. The first-order valence-corrected chi connectivity index (χ1v) is 15.3. The summed E-state index contributed by atoms with van der Waals surface area (Å²) < 4.78 is 35.6. The number of methoxy groups -OCH3 is 2. The third-order valence-corrected chi connectivity index (χ3v) is 9.02. The van der Waals surface area contributed by atoms with Crippen molar-refractivity contribution in [3.05, 3.63) is 48.6 Å². The van der Waals surface area contributed by atoms with Gasteiger partial charge in [-0.2, -0.15) is 0 Å². The minimum absolute atomic E-state index is 0.0171. The van der Waals surface area contributed by atoms with E-state index in [1.165, 1.54) is 13.2 Å². The second-order valence-electron chi connectivity index (χ2n) is 12.4. The molecule has 12 heteroatoms. The summed E-state index contributed by atoms with van der Waals surface area (Å²) in [4.78, 5) is 36.9. The van der Waals surface area contributed by atoms with Crippen molar-refractivity contribution >= 4 is 17.7 Å². The Bertz CT molecular complexity index is 1150. The Labute approximate surface area is 265 Å². The number of hydrogen-bond acceptors (Lipinski definition) is 10. The summed E-state index contributed by atoms with van der Waals surface area (Å²) in [7, 11) is 2.94. The van der Waals surface area contributed by atoms with Crippen LogP contribution in [0.15, 0.2) is 48.6 Å². The number of hydrogen-bond donors (Lipinski definition) is 3. The molecule has 0 aromatic carbocycles. The van der Waals surface area contributed by atoms with Crippen molar-refractivity contribution in [2.45, 2.75) is 108 Å². The number of carboxylic acids is 1. The van der Waals surface area contributed by atoms with Gasteiger partial charge in [0.25, 0.3) is 5.91 Å². The second-order valence-corrected chi connectivity index (χ2v) is 12.4. The van der Waals surface area contributed by atoms with E-state index in [2.05, 4.69) is 11.9 Å². The number of carbonyl (C=O) groups is 3. The topological polar surface area (TPSA) is 159 Å². The SMILES string of the molecule is C=C1C[C@](OC)([C@H](O)C(=O)NC2OCOC3C2O[C@H](CC(=O)CCC/C=C/C=C/C=C/C(=O)O)C(C)(C)[C@@H]3OC)O[C@H](C)[C@@H]1C. The number of fused-ring (bicyclic) bond motifs is 1. The van der Waals surface area contributed by atoms with Gasteiger partial charge in [0.05, 0.1) is 18.3 Å². The van der Waals surface area contributed by atoms with Gasteiger partial charge in [-0.15, -0.1) is 0 Å². The molecule has 0 aromatic rings. The number of ketones is 1. The largest absolute Gasteiger partial charge is 0.478 e. The molecule has 45 heavy (non-hydrogen) atoms. The van der Waals surface area contributed by atoms with Crippen molar-refractivity contribution < 1.29 is 53.0 Å². The summed E-state index contributed by atoms with van der Waals surface area (Å²) in [6.07, 6.45) is 5.93. The monoisotopic (exact) mass is 635 g/mol. The number of unbranched alkanes of at least 4 members (excludes halogenated alkanes) is 1. The molecule has 252 valence electrons. The van der Waals surface area contributed by atoms with Gasteiger partial charge in [-0.25, -0.2) is 4.79 Å². The smallest absolute Gasteiger partial charge is 0.328 e. The van der Waals surface area contributed by atoms with Crippen molar-refractivity contribution in [2.75, 3.05) is 21.0 Å². The molecule has 0 bridgehead atoms. The Balaban J connectivity index is 1.65. The maximum atomic E-state index is 13.4. The molecule has 0 radical (unpaired) electrons. The second kappa shape index (κ2) is 16.2. The number of ether oxygens (including phenoxy) is 6. The molecule has 1 amide bonds. The highest BCUT2D eigenvalue weighted by Crippen LogP contribution is 2.43. The van der Waals surface area contributed by atoms with Gasteiger partial charge in [-0.05, 0) is 19.8 Å². The lowest BCUT2D eigenvalue weighted by molar-refractivity contribution is -0.330. The van der Waals surface area contributed by atoms with Crippen molar-refractivity contribution in [1.29, 1.82) is 0 Å². The van der Waals surface area contributed by atoms with Gasteiger partial charge in [0.15, 0.2) is 12.3 Å². The molecular formula is C33H49NO11. The minimum atomic E-state index is -1.69. The van der Waals surface area contributed by atoms with E-state index in [4.69, 9.17) is 33.5 Å². The Morgan fingerprint density at radius 2 is 1.82 bits per heavy atom. The van der Waals surface area contributed by atoms with Crippen molar-refractivity contribution in [2.24, 2.45) is 11.3 Å². The average Bonchev–Trinajstić information content (AvgIpc) is 2.98. The van der Waals surface area contributed by atoms with Crippen LogP contribution in [0.2, 0.25) is 0 Å². The third-order valence-electron chi connectivity index (χ3n) is 9.02. The minimum Gasteiger partial charge on any atom is -0.478 e. The van der Waals surface area contributed by atoms with E-state index < -0.39 is 59.8 Å². The molecule has 3 fully saturated rings. The van der Waals surface area contributed by atoms with E-state index >= 15 is 0 Å². The van der Waals surface area contributed by atoms with Crippen molar-refractivity contribution in [1.82, 2.24) is 5.32 Å². The molecule has 3 aliphatic heterocycles. The van der Waals surface area contributed by atoms with Crippen LogP contribution < -0.4 is 5.32 Å². The number of carbonyl (C=O) groups excluding carboxylic acids is 2. The van der Waals surface area contributed by atoms with Gasteiger partial charge in [0, 0.05) is 50.9 Å². The highest BCUT2D eigenvalue weighted by Gasteiger charge is 2.57. The lowest BCUT2D eigenvalue weighted by Gasteiger charge is -2.54. The summed E-state index contributed by atoms with van der Waals surface area (Å²) >= 11 is 0. The molecule has 3 aliphatic rings. The molecule has 3 N–H and O–H groups in total. The quantitative estimate of drug-likeness (QED) is 0.111. The van der Waals surface area contributed by atoms with E-state index in [0.29, 0.717) is 19.3 Å². The molecule has 12 nitrogen and oxygen atoms in total. The van der Waals surface area contributed by atoms with Gasteiger partial charge in [-0.1, -0.05) is 63.3 Å². The van der Waals surface area contributed by atoms with E-state index in [1.54, 1.807) is 25.3 Å². The van der Waals surface area contributed by atoms with Gasteiger partial charge >= 0.3 is 5.97 Å². The highest BCUT2D eigenvalue weighted by molar-refractivity contribution is 5.82. The predicted octanol–water partition coefficient (Wildman–Crippen LogP) is 3.20. The lowest BCUT2D eigenvalue weighted by atomic mass is 9.72. The third kappa shape index (κ3) is 8.97. The number of amides is 1. The molecule has 3 heterocycles. The summed E-state index contributed by atoms with van der Waals surface area (Å²) in [5.41, 5.74) is 0.186. The van der Waals surface area contributed by atoms with Crippen LogP contribution in [-0.4, -0.2) is 97.5 Å². The first-order valence-electron chi connectivity index (χ1n) is 15.3. The van der Waals surface area contributed by atoms with Crippen LogP contribution in [0.1, 0.15) is 59.8 Å². The maximum absolute atomic E-state index is 13.4. The Kier molecular flexibility index (Phi) is 13.2. The first-order chi connectivity index (χ1) is 21.3. The fourth-order valence-electron chi connectivity index (χ4n) is 6.05. The summed E-state index contributed by atoms with van der Waals surface area (Å²) in [6.45, 7) is 11.7. The number of aliphatic hydroxyl groups excluding tert-OH is 1. The molecule has 0 spiro atoms. The van der Waals surface area contributed by atoms with Crippen LogP contribution in [0, 0.1) is 11.3 Å². The first kappa shape index (κ1) is 36.8. The van der Waals surface area contributed by atoms with Gasteiger partial charge in [-0.3, -0.25) is 9.59 Å². The van der Waals surface area contributed by atoms with E-state index in [-0.39, 0.29) is 37.4 Å². The Morgan fingerprint density at radius 3 is 2.47 bits per heavy atom. The number of nitrogens with one attached hydrogen (secondary N) is 1. The normalized spacial score (nSPS) is 34.2. The summed E-state index contributed by atoms with van der Waals surface area (Å²) in [5, 5.41) is 22.5. The van der Waals surface area contributed by atoms with E-state index in [9.17, 15) is 19.5 Å². The van der Waals surface area contributed by atoms with Crippen LogP contribution in [-0.2, 0) is 42.8 Å². The zero-order chi connectivity index (χ0) is 33.4. The molecule has 3 saturated heterocycles. The van der Waals surface area contributed by atoms with Crippen LogP contribution in [0.25, 0.3) is 0 Å². The molecule has 0 aromatic heterocycles. The maximum Gasteiger partial charge on any atom is 0.328 e. The van der Waals surface area contributed by atoms with Crippen LogP contribution in [0.5, 0.6) is 0 Å². The van der Waals surface area contributed by atoms with Gasteiger partial charge in [0.1, 0.15) is 24.8 Å². The van der Waals surface area contributed by atoms with Crippen LogP contribution >= 0.6 is 0 Å². The number of rotatable bonds is 14. The van der Waals surface area contributed by atoms with E-state index in [0.717, 1.165) is 11.6 Å². The number of aliphatic hydroxyl groups is 1. The summed E-state index contributed by atoms with van der Waals surface area (Å²) in [6, 6.07) is 0. The molecule has 0 saturated carbocycles. The van der Waals surface area contributed by atoms with Crippen LogP contribution in [0.4, 0.5) is 0 Å². The number of carboxylic acid groups (broad SMARTS) is 1. The van der Waals surface area contributed by atoms with Crippen LogP contribution in [0.3, 0.4) is 0 Å². The van der Waals surface area contributed by atoms with E-state index in [1.807, 2.05) is 33.8 Å². The zero-order valence-corrected chi connectivity index (χ0v) is 27.1. The van der Waals surface area contributed by atoms with Gasteiger partial charge < -0.3 is 44.0 Å². The summed E-state index contributed by atoms with van der Waals surface area (Å²) in [5.74, 6) is -3.35. The molecule has 9 atom stereocenters. The van der Waals surface area contributed by atoms with Crippen molar-refractivity contribution in [3.63, 3.8) is 0 Å². The predicted molar refractivity (Wildman–Crippen MR) is 164 cm³/mol. The Hall–Kier alpha value is -2.71. The lowest BCUT2D eigenvalue weighted by Crippen LogP contribution is -2.69.